The van der Waals surface area contributed by atoms with Gasteiger partial charge in [-0.05, 0) is 18.2 Å². The average molecular weight is 414 g/mol. The summed E-state index contributed by atoms with van der Waals surface area (Å²) in [5.74, 6) is -0.119. The van der Waals surface area contributed by atoms with Gasteiger partial charge in [0.1, 0.15) is 0 Å². The average Bonchev–Trinajstić information content (AvgIpc) is 3.06. The minimum atomic E-state index is -3.55. The molecule has 0 aliphatic rings. The van der Waals surface area contributed by atoms with E-state index in [1.54, 1.807) is 18.2 Å². The van der Waals surface area contributed by atoms with Crippen molar-refractivity contribution < 1.29 is 13.2 Å². The number of anilines is 2. The lowest BCUT2D eigenvalue weighted by atomic mass is 10.3. The van der Waals surface area contributed by atoms with Gasteiger partial charge in [0.05, 0.1) is 10.6 Å². The van der Waals surface area contributed by atoms with E-state index in [1.807, 2.05) is 0 Å². The normalized spacial score (nSPS) is 11.3. The van der Waals surface area contributed by atoms with Gasteiger partial charge in [-0.2, -0.15) is 0 Å². The lowest BCUT2D eigenvalue weighted by Gasteiger charge is -2.12. The second-order valence-corrected chi connectivity index (χ2v) is 9.55. The minimum absolute atomic E-state index is 0.120. The highest BCUT2D eigenvalue weighted by molar-refractivity contribution is 8.01. The summed E-state index contributed by atoms with van der Waals surface area (Å²) in [4.78, 5) is 12.2. The van der Waals surface area contributed by atoms with Crippen LogP contribution < -0.4 is 10.6 Å². The zero-order valence-corrected chi connectivity index (χ0v) is 16.7. The molecule has 2 rings (SSSR count). The van der Waals surface area contributed by atoms with Gasteiger partial charge in [-0.25, -0.2) is 12.7 Å². The van der Waals surface area contributed by atoms with E-state index in [4.69, 9.17) is 0 Å². The molecule has 1 aromatic heterocycles. The van der Waals surface area contributed by atoms with Crippen molar-refractivity contribution in [1.82, 2.24) is 14.5 Å². The van der Waals surface area contributed by atoms with Crippen molar-refractivity contribution in [2.24, 2.45) is 0 Å². The molecule has 1 heterocycles. The second kappa shape index (κ2) is 9.12. The molecule has 0 aliphatic carbocycles. The number of rotatable bonds is 9. The van der Waals surface area contributed by atoms with Gasteiger partial charge in [0, 0.05) is 26.3 Å². The summed E-state index contributed by atoms with van der Waals surface area (Å²) in [6.45, 7) is 4.20. The molecule has 0 atom stereocenters. The zero-order chi connectivity index (χ0) is 19.2. The van der Waals surface area contributed by atoms with Gasteiger partial charge in [0.25, 0.3) is 0 Å². The molecule has 2 aromatic rings. The number of benzene rings is 1. The predicted octanol–water partition coefficient (Wildman–Crippen LogP) is 2.12. The first-order valence-electron chi connectivity index (χ1n) is 7.46. The van der Waals surface area contributed by atoms with Crippen molar-refractivity contribution in [2.75, 3.05) is 37.0 Å². The Morgan fingerprint density at radius 2 is 2.15 bits per heavy atom. The fourth-order valence-electron chi connectivity index (χ4n) is 1.77. The van der Waals surface area contributed by atoms with Gasteiger partial charge in [-0.3, -0.25) is 4.79 Å². The van der Waals surface area contributed by atoms with E-state index in [2.05, 4.69) is 27.4 Å². The number of amides is 1. The van der Waals surface area contributed by atoms with Crippen molar-refractivity contribution >= 4 is 49.8 Å². The Balaban J connectivity index is 1.94. The first-order chi connectivity index (χ1) is 12.3. The van der Waals surface area contributed by atoms with Gasteiger partial charge in [-0.1, -0.05) is 35.2 Å². The fourth-order valence-corrected chi connectivity index (χ4v) is 4.28. The molecule has 0 saturated carbocycles. The van der Waals surface area contributed by atoms with Crippen LogP contribution in [0.3, 0.4) is 0 Å². The summed E-state index contributed by atoms with van der Waals surface area (Å²) in [6.07, 6.45) is 1.71. The van der Waals surface area contributed by atoms with Crippen LogP contribution >= 0.6 is 23.1 Å². The number of thioether (sulfide) groups is 1. The number of aromatic nitrogens is 2. The van der Waals surface area contributed by atoms with Gasteiger partial charge < -0.3 is 10.6 Å². The molecule has 0 bridgehead atoms. The summed E-state index contributed by atoms with van der Waals surface area (Å²) in [5.41, 5.74) is 0.420. The predicted molar refractivity (Wildman–Crippen MR) is 105 cm³/mol. The molecule has 0 radical (unpaired) electrons. The standard InChI is InChI=1S/C15H19N5O3S3/c1-4-8-16-14-18-19-15(25-14)24-10-13(21)17-11-6-5-7-12(9-11)26(22,23)20(2)3/h4-7,9H,1,8,10H2,2-3H3,(H,16,18)(H,17,21). The van der Waals surface area contributed by atoms with Crippen LogP contribution in [0.4, 0.5) is 10.8 Å². The van der Waals surface area contributed by atoms with Crippen molar-refractivity contribution in [1.29, 1.82) is 0 Å². The van der Waals surface area contributed by atoms with Crippen molar-refractivity contribution in [3.8, 4) is 0 Å². The lowest BCUT2D eigenvalue weighted by Crippen LogP contribution is -2.22. The van der Waals surface area contributed by atoms with Crippen LogP contribution in [-0.2, 0) is 14.8 Å². The summed E-state index contributed by atoms with van der Waals surface area (Å²) in [7, 11) is -0.638. The number of nitrogens with one attached hydrogen (secondary N) is 2. The Hall–Kier alpha value is -1.95. The smallest absolute Gasteiger partial charge is 0.242 e. The number of nitrogens with zero attached hydrogens (tertiary/aromatic N) is 3. The third kappa shape index (κ3) is 5.53. The Morgan fingerprint density at radius 1 is 1.38 bits per heavy atom. The lowest BCUT2D eigenvalue weighted by molar-refractivity contribution is -0.113. The number of hydrogen-bond donors (Lipinski definition) is 2. The molecule has 1 aromatic carbocycles. The van der Waals surface area contributed by atoms with Crippen LogP contribution in [0.25, 0.3) is 0 Å². The Bertz CT molecular complexity index is 880. The molecule has 0 unspecified atom stereocenters. The van der Waals surface area contributed by atoms with E-state index < -0.39 is 10.0 Å². The van der Waals surface area contributed by atoms with E-state index in [0.717, 1.165) is 4.31 Å². The number of sulfonamides is 1. The van der Waals surface area contributed by atoms with E-state index >= 15 is 0 Å². The number of hydrogen-bond acceptors (Lipinski definition) is 8. The highest BCUT2D eigenvalue weighted by Crippen LogP contribution is 2.25. The minimum Gasteiger partial charge on any atom is -0.357 e. The van der Waals surface area contributed by atoms with Gasteiger partial charge in [-0.15, -0.1) is 16.8 Å². The first-order valence-corrected chi connectivity index (χ1v) is 10.7. The van der Waals surface area contributed by atoms with Crippen LogP contribution in [-0.4, -0.2) is 55.2 Å². The Labute approximate surface area is 160 Å². The molecule has 8 nitrogen and oxygen atoms in total. The zero-order valence-electron chi connectivity index (χ0n) is 14.3. The van der Waals surface area contributed by atoms with Crippen LogP contribution in [0, 0.1) is 0 Å². The maximum absolute atomic E-state index is 12.1. The molecule has 0 aliphatic heterocycles. The van der Waals surface area contributed by atoms with Gasteiger partial charge in [0.15, 0.2) is 4.34 Å². The molecule has 140 valence electrons. The maximum Gasteiger partial charge on any atom is 0.242 e. The Morgan fingerprint density at radius 3 is 2.85 bits per heavy atom. The largest absolute Gasteiger partial charge is 0.357 e. The molecule has 0 spiro atoms. The molecule has 0 saturated heterocycles. The third-order valence-electron chi connectivity index (χ3n) is 3.03. The van der Waals surface area contributed by atoms with E-state index in [9.17, 15) is 13.2 Å². The van der Waals surface area contributed by atoms with E-state index in [1.165, 1.54) is 49.3 Å². The summed E-state index contributed by atoms with van der Waals surface area (Å²) in [6, 6.07) is 6.14. The van der Waals surface area contributed by atoms with Crippen LogP contribution in [0.2, 0.25) is 0 Å². The van der Waals surface area contributed by atoms with Crippen LogP contribution in [0.1, 0.15) is 0 Å². The van der Waals surface area contributed by atoms with Crippen molar-refractivity contribution in [3.05, 3.63) is 36.9 Å². The topological polar surface area (TPSA) is 104 Å². The molecule has 0 fully saturated rings. The monoisotopic (exact) mass is 413 g/mol. The molecule has 26 heavy (non-hydrogen) atoms. The molecule has 1 amide bonds. The second-order valence-electron chi connectivity index (χ2n) is 5.19. The van der Waals surface area contributed by atoms with Gasteiger partial charge >= 0.3 is 0 Å². The number of carbonyl (C=O) groups is 1. The summed E-state index contributed by atoms with van der Waals surface area (Å²) >= 11 is 2.60. The molecular formula is C15H19N5O3S3. The molecule has 11 heteroatoms. The molecule has 2 N–H and O–H groups in total. The quantitative estimate of drug-likeness (QED) is 0.479. The highest BCUT2D eigenvalue weighted by Gasteiger charge is 2.17. The van der Waals surface area contributed by atoms with Crippen molar-refractivity contribution in [2.45, 2.75) is 9.24 Å². The summed E-state index contributed by atoms with van der Waals surface area (Å²) < 4.78 is 26.1. The van der Waals surface area contributed by atoms with Crippen LogP contribution in [0.5, 0.6) is 0 Å². The highest BCUT2D eigenvalue weighted by atomic mass is 32.2. The first kappa shape index (κ1) is 20.4. The summed E-state index contributed by atoms with van der Waals surface area (Å²) in [5, 5.41) is 14.3. The van der Waals surface area contributed by atoms with Crippen molar-refractivity contribution in [3.63, 3.8) is 0 Å². The third-order valence-corrected chi connectivity index (χ3v) is 6.85. The fraction of sp³-hybridized carbons (Fsp3) is 0.267. The number of carbonyl (C=O) groups excluding carboxylic acids is 1. The maximum atomic E-state index is 12.1. The molecular weight excluding hydrogens is 394 g/mol. The van der Waals surface area contributed by atoms with Crippen LogP contribution in [0.15, 0.2) is 46.2 Å². The SMILES string of the molecule is C=CCNc1nnc(SCC(=O)Nc2cccc(S(=O)(=O)N(C)C)c2)s1. The van der Waals surface area contributed by atoms with E-state index in [-0.39, 0.29) is 16.6 Å². The van der Waals surface area contributed by atoms with E-state index in [0.29, 0.717) is 21.7 Å². The van der Waals surface area contributed by atoms with Gasteiger partial charge in [0.2, 0.25) is 21.1 Å². The Kier molecular flexibility index (Phi) is 7.14.